The van der Waals surface area contributed by atoms with Gasteiger partial charge in [0.05, 0.1) is 48.7 Å². The molecule has 0 N–H and O–H groups in total. The minimum atomic E-state index is -0.637. The normalized spacial score (nSPS) is 11.6. The molecule has 3 rings (SSSR count). The lowest BCUT2D eigenvalue weighted by molar-refractivity contribution is 0.0412. The highest BCUT2D eigenvalue weighted by atomic mass is 32.1. The van der Waals surface area contributed by atoms with Crippen molar-refractivity contribution >= 4 is 55.4 Å². The van der Waals surface area contributed by atoms with Crippen LogP contribution in [0.3, 0.4) is 0 Å². The highest BCUT2D eigenvalue weighted by Gasteiger charge is 2.26. The van der Waals surface area contributed by atoms with Crippen molar-refractivity contribution in [2.45, 2.75) is 55.4 Å². The number of hydrogen-bond donors (Lipinski definition) is 0. The Labute approximate surface area is 245 Å². The lowest BCUT2D eigenvalue weighted by atomic mass is 10.00. The van der Waals surface area contributed by atoms with Gasteiger partial charge in [0, 0.05) is 20.2 Å². The first-order valence-electron chi connectivity index (χ1n) is 14.0. The number of esters is 4. The van der Waals surface area contributed by atoms with Gasteiger partial charge in [-0.15, -0.1) is 11.3 Å². The Morgan fingerprint density at radius 3 is 0.976 bits per heavy atom. The second kappa shape index (κ2) is 13.9. The van der Waals surface area contributed by atoms with E-state index in [4.69, 9.17) is 18.9 Å². The molecule has 0 unspecified atom stereocenters. The number of fused-ring (bicyclic) bond motifs is 3. The molecule has 0 atom stereocenters. The summed E-state index contributed by atoms with van der Waals surface area (Å²) in [7, 11) is 0. The summed E-state index contributed by atoms with van der Waals surface area (Å²) in [6.45, 7) is 16.2. The van der Waals surface area contributed by atoms with E-state index in [-0.39, 0.29) is 72.4 Å². The van der Waals surface area contributed by atoms with Crippen LogP contribution in [0.2, 0.25) is 0 Å². The fourth-order valence-electron chi connectivity index (χ4n) is 3.82. The van der Waals surface area contributed by atoms with Crippen molar-refractivity contribution < 1.29 is 38.1 Å². The quantitative estimate of drug-likeness (QED) is 0.161. The fraction of sp³-hybridized carbons (Fsp3) is 0.500. The standard InChI is InChI=1S/C32H40O8S/c1-17(2)13-37-29(33)23-9-21-22-10-24(30(34)38-14-18(3)4)26(32(36)40-16-20(7)8)12-28(22)41-27(21)11-25(23)31(35)39-15-19(5)6/h9-12,17-20H,13-16H2,1-8H3. The maximum Gasteiger partial charge on any atom is 0.339 e. The van der Waals surface area contributed by atoms with E-state index in [1.807, 2.05) is 55.4 Å². The zero-order valence-electron chi connectivity index (χ0n) is 25.1. The topological polar surface area (TPSA) is 105 Å². The van der Waals surface area contributed by atoms with Crippen LogP contribution in [-0.2, 0) is 18.9 Å². The van der Waals surface area contributed by atoms with E-state index in [2.05, 4.69) is 0 Å². The molecule has 1 aromatic heterocycles. The summed E-state index contributed by atoms with van der Waals surface area (Å²) in [5.74, 6) is -2.07. The van der Waals surface area contributed by atoms with Gasteiger partial charge in [0.15, 0.2) is 0 Å². The smallest absolute Gasteiger partial charge is 0.339 e. The average Bonchev–Trinajstić information content (AvgIpc) is 3.26. The van der Waals surface area contributed by atoms with Gasteiger partial charge >= 0.3 is 23.9 Å². The average molecular weight is 585 g/mol. The Hall–Kier alpha value is -3.46. The van der Waals surface area contributed by atoms with E-state index >= 15 is 0 Å². The molecule has 0 aliphatic rings. The third kappa shape index (κ3) is 8.28. The van der Waals surface area contributed by atoms with E-state index < -0.39 is 23.9 Å². The van der Waals surface area contributed by atoms with Crippen LogP contribution in [0.25, 0.3) is 20.2 Å². The zero-order valence-corrected chi connectivity index (χ0v) is 25.9. The van der Waals surface area contributed by atoms with Crippen molar-refractivity contribution in [3.8, 4) is 0 Å². The van der Waals surface area contributed by atoms with Gasteiger partial charge in [0.2, 0.25) is 0 Å². The van der Waals surface area contributed by atoms with Crippen LogP contribution in [0, 0.1) is 23.7 Å². The van der Waals surface area contributed by atoms with E-state index in [1.54, 1.807) is 24.3 Å². The molecule has 0 saturated carbocycles. The van der Waals surface area contributed by atoms with Gasteiger partial charge < -0.3 is 18.9 Å². The summed E-state index contributed by atoms with van der Waals surface area (Å²) in [4.78, 5) is 52.4. The molecule has 0 amide bonds. The first-order chi connectivity index (χ1) is 19.3. The molecule has 9 heteroatoms. The van der Waals surface area contributed by atoms with E-state index in [9.17, 15) is 19.2 Å². The molecule has 0 saturated heterocycles. The first kappa shape index (κ1) is 32.1. The third-order valence-electron chi connectivity index (χ3n) is 5.82. The monoisotopic (exact) mass is 584 g/mol. The van der Waals surface area contributed by atoms with Crippen molar-refractivity contribution in [3.63, 3.8) is 0 Å². The molecule has 3 aromatic rings. The van der Waals surface area contributed by atoms with E-state index in [1.165, 1.54) is 11.3 Å². The van der Waals surface area contributed by atoms with Gasteiger partial charge in [-0.05, 0) is 47.9 Å². The predicted octanol–water partition coefficient (Wildman–Crippen LogP) is 7.31. The molecule has 0 aliphatic heterocycles. The van der Waals surface area contributed by atoms with Crippen LogP contribution in [-0.4, -0.2) is 50.3 Å². The van der Waals surface area contributed by atoms with Crippen LogP contribution < -0.4 is 0 Å². The first-order valence-corrected chi connectivity index (χ1v) is 14.8. The number of carbonyl (C=O) groups is 4. The molecule has 222 valence electrons. The maximum atomic E-state index is 13.1. The van der Waals surface area contributed by atoms with Crippen molar-refractivity contribution in [2.24, 2.45) is 23.7 Å². The van der Waals surface area contributed by atoms with Crippen LogP contribution >= 0.6 is 11.3 Å². The van der Waals surface area contributed by atoms with Gasteiger partial charge in [0.25, 0.3) is 0 Å². The molecule has 0 aliphatic carbocycles. The van der Waals surface area contributed by atoms with E-state index in [0.29, 0.717) is 20.2 Å². The maximum absolute atomic E-state index is 13.1. The van der Waals surface area contributed by atoms with E-state index in [0.717, 1.165) is 0 Å². The van der Waals surface area contributed by atoms with Gasteiger partial charge in [-0.2, -0.15) is 0 Å². The SMILES string of the molecule is CC(C)COC(=O)c1cc2sc3cc(C(=O)OCC(C)C)c(C(=O)OCC(C)C)cc3c2cc1C(=O)OCC(C)C. The van der Waals surface area contributed by atoms with Crippen LogP contribution in [0.4, 0.5) is 0 Å². The molecular weight excluding hydrogens is 544 g/mol. The van der Waals surface area contributed by atoms with Gasteiger partial charge in [0.1, 0.15) is 0 Å². The summed E-state index contributed by atoms with van der Waals surface area (Å²) in [6, 6.07) is 6.43. The minimum absolute atomic E-state index is 0.0796. The zero-order chi connectivity index (χ0) is 30.4. The van der Waals surface area contributed by atoms with Crippen molar-refractivity contribution in [1.82, 2.24) is 0 Å². The Kier molecular flexibility index (Phi) is 10.9. The summed E-state index contributed by atoms with van der Waals surface area (Å²) < 4.78 is 23.2. The summed E-state index contributed by atoms with van der Waals surface area (Å²) in [5, 5.41) is 1.28. The van der Waals surface area contributed by atoms with Crippen molar-refractivity contribution in [1.29, 1.82) is 0 Å². The fourth-order valence-corrected chi connectivity index (χ4v) is 4.97. The van der Waals surface area contributed by atoms with Crippen LogP contribution in [0.15, 0.2) is 24.3 Å². The number of rotatable bonds is 12. The number of benzene rings is 2. The summed E-state index contributed by atoms with van der Waals surface area (Å²) in [5.41, 5.74) is 0.366. The van der Waals surface area contributed by atoms with Gasteiger partial charge in [-0.1, -0.05) is 55.4 Å². The van der Waals surface area contributed by atoms with Crippen molar-refractivity contribution in [3.05, 3.63) is 46.5 Å². The second-order valence-electron chi connectivity index (χ2n) is 11.9. The Bertz CT molecular complexity index is 1320. The van der Waals surface area contributed by atoms with Gasteiger partial charge in [-0.3, -0.25) is 0 Å². The number of thiophene rings is 1. The number of hydrogen-bond acceptors (Lipinski definition) is 9. The molecular formula is C32H40O8S. The minimum Gasteiger partial charge on any atom is -0.462 e. The second-order valence-corrected chi connectivity index (χ2v) is 12.9. The molecule has 8 nitrogen and oxygen atoms in total. The van der Waals surface area contributed by atoms with Crippen LogP contribution in [0.5, 0.6) is 0 Å². The largest absolute Gasteiger partial charge is 0.462 e. The van der Waals surface area contributed by atoms with Crippen molar-refractivity contribution in [2.75, 3.05) is 26.4 Å². The molecule has 2 aromatic carbocycles. The lowest BCUT2D eigenvalue weighted by Crippen LogP contribution is -2.17. The number of ether oxygens (including phenoxy) is 4. The highest BCUT2D eigenvalue weighted by molar-refractivity contribution is 7.25. The number of carbonyl (C=O) groups excluding carboxylic acids is 4. The molecule has 41 heavy (non-hydrogen) atoms. The molecule has 0 fully saturated rings. The summed E-state index contributed by atoms with van der Waals surface area (Å²) >= 11 is 1.33. The Morgan fingerprint density at radius 2 is 0.732 bits per heavy atom. The molecule has 0 bridgehead atoms. The molecule has 0 radical (unpaired) electrons. The Balaban J connectivity index is 2.21. The van der Waals surface area contributed by atoms with Crippen LogP contribution in [0.1, 0.15) is 96.8 Å². The highest BCUT2D eigenvalue weighted by Crippen LogP contribution is 2.38. The predicted molar refractivity (Wildman–Crippen MR) is 160 cm³/mol. The Morgan fingerprint density at radius 1 is 0.488 bits per heavy atom. The molecule has 1 heterocycles. The third-order valence-corrected chi connectivity index (χ3v) is 6.94. The molecule has 0 spiro atoms. The van der Waals surface area contributed by atoms with Gasteiger partial charge in [-0.25, -0.2) is 19.2 Å². The lowest BCUT2D eigenvalue weighted by Gasteiger charge is -2.13. The summed E-state index contributed by atoms with van der Waals surface area (Å²) in [6.07, 6.45) is 0.